The van der Waals surface area contributed by atoms with Crippen LogP contribution in [0, 0.1) is 0 Å². The molecular weight excluding hydrogens is 190 g/mol. The van der Waals surface area contributed by atoms with E-state index in [1.54, 1.807) is 0 Å². The zero-order chi connectivity index (χ0) is 11.3. The van der Waals surface area contributed by atoms with Gasteiger partial charge in [0.15, 0.2) is 0 Å². The minimum Gasteiger partial charge on any atom is -0.373 e. The molecule has 0 N–H and O–H groups in total. The Morgan fingerprint density at radius 1 is 1.40 bits per heavy atom. The van der Waals surface area contributed by atoms with Gasteiger partial charge >= 0.3 is 0 Å². The first-order valence-corrected chi connectivity index (χ1v) is 6.18. The second kappa shape index (κ2) is 5.83. The fourth-order valence-corrected chi connectivity index (χ4v) is 2.15. The highest BCUT2D eigenvalue weighted by Crippen LogP contribution is 2.29. The summed E-state index contributed by atoms with van der Waals surface area (Å²) in [5.74, 6) is 0. The Labute approximate surface area is 93.7 Å². The lowest BCUT2D eigenvalue weighted by molar-refractivity contribution is -0.184. The molecule has 3 nitrogen and oxygen atoms in total. The molecule has 0 aromatic rings. The predicted octanol–water partition coefficient (Wildman–Crippen LogP) is 1.91. The number of ether oxygens (including phenoxy) is 2. The maximum atomic E-state index is 5.93. The molecule has 1 spiro atoms. The van der Waals surface area contributed by atoms with Crippen molar-refractivity contribution in [1.29, 1.82) is 0 Å². The second-order valence-electron chi connectivity index (χ2n) is 4.32. The molecule has 15 heavy (non-hydrogen) atoms. The van der Waals surface area contributed by atoms with Crippen LogP contribution in [0.1, 0.15) is 33.6 Å². The Morgan fingerprint density at radius 2 is 2.13 bits per heavy atom. The number of rotatable bonds is 1. The lowest BCUT2D eigenvalue weighted by Gasteiger charge is -2.37. The van der Waals surface area contributed by atoms with Crippen molar-refractivity contribution in [2.45, 2.75) is 45.3 Å². The second-order valence-corrected chi connectivity index (χ2v) is 4.32. The highest BCUT2D eigenvalue weighted by Gasteiger charge is 2.41. The molecule has 2 heterocycles. The first-order valence-electron chi connectivity index (χ1n) is 6.18. The van der Waals surface area contributed by atoms with Crippen LogP contribution in [0.25, 0.3) is 0 Å². The minimum absolute atomic E-state index is 0.0282. The number of hydrogen-bond acceptors (Lipinski definition) is 3. The van der Waals surface area contributed by atoms with E-state index >= 15 is 0 Å². The Hall–Kier alpha value is -0.120. The van der Waals surface area contributed by atoms with Crippen LogP contribution in [0.4, 0.5) is 0 Å². The lowest BCUT2D eigenvalue weighted by atomic mass is 10.0. The van der Waals surface area contributed by atoms with Crippen LogP contribution in [0.15, 0.2) is 0 Å². The third-order valence-corrected chi connectivity index (χ3v) is 3.12. The van der Waals surface area contributed by atoms with Crippen LogP contribution >= 0.6 is 0 Å². The van der Waals surface area contributed by atoms with Gasteiger partial charge in [-0.25, -0.2) is 0 Å². The molecule has 0 saturated carbocycles. The SMILES string of the molecule is CC.CCC1COC2(CCN(C)C2)CO1. The maximum absolute atomic E-state index is 5.93. The third kappa shape index (κ3) is 3.16. The lowest BCUT2D eigenvalue weighted by Crippen LogP contribution is -2.48. The van der Waals surface area contributed by atoms with E-state index in [1.807, 2.05) is 13.8 Å². The summed E-state index contributed by atoms with van der Waals surface area (Å²) in [4.78, 5) is 2.32. The number of nitrogens with zero attached hydrogens (tertiary/aromatic N) is 1. The van der Waals surface area contributed by atoms with E-state index in [1.165, 1.54) is 0 Å². The summed E-state index contributed by atoms with van der Waals surface area (Å²) in [6.45, 7) is 9.89. The Balaban J connectivity index is 0.000000531. The number of hydrogen-bond donors (Lipinski definition) is 0. The summed E-state index contributed by atoms with van der Waals surface area (Å²) in [6, 6.07) is 0. The Bertz CT molecular complexity index is 176. The van der Waals surface area contributed by atoms with Gasteiger partial charge in [0.2, 0.25) is 0 Å². The first-order chi connectivity index (χ1) is 7.24. The normalized spacial score (nSPS) is 36.4. The van der Waals surface area contributed by atoms with Gasteiger partial charge in [-0.3, -0.25) is 0 Å². The quantitative estimate of drug-likeness (QED) is 0.667. The van der Waals surface area contributed by atoms with Crippen molar-refractivity contribution in [2.75, 3.05) is 33.4 Å². The molecule has 2 rings (SSSR count). The van der Waals surface area contributed by atoms with Crippen molar-refractivity contribution in [3.8, 4) is 0 Å². The summed E-state index contributed by atoms with van der Waals surface area (Å²) in [5, 5.41) is 0. The van der Waals surface area contributed by atoms with Gasteiger partial charge in [-0.15, -0.1) is 0 Å². The van der Waals surface area contributed by atoms with Crippen LogP contribution in [0.5, 0.6) is 0 Å². The summed E-state index contributed by atoms with van der Waals surface area (Å²) < 4.78 is 11.7. The molecule has 3 heteroatoms. The van der Waals surface area contributed by atoms with Crippen LogP contribution in [0.3, 0.4) is 0 Å². The standard InChI is InChI=1S/C10H19NO2.C2H6/c1-3-9-6-13-10(8-12-9)4-5-11(2)7-10;1-2/h9H,3-8H2,1-2H3;1-2H3. The topological polar surface area (TPSA) is 21.7 Å². The molecule has 2 aliphatic rings. The Kier molecular flexibility index (Phi) is 5.03. The average Bonchev–Trinajstić information content (AvgIpc) is 2.64. The molecule has 2 aliphatic heterocycles. The van der Waals surface area contributed by atoms with E-state index in [4.69, 9.17) is 9.47 Å². The molecule has 2 saturated heterocycles. The van der Waals surface area contributed by atoms with Gasteiger partial charge in [-0.2, -0.15) is 0 Å². The van der Waals surface area contributed by atoms with E-state index in [0.29, 0.717) is 6.10 Å². The van der Waals surface area contributed by atoms with Gasteiger partial charge in [0.05, 0.1) is 19.3 Å². The van der Waals surface area contributed by atoms with Crippen LogP contribution in [-0.4, -0.2) is 50.0 Å². The smallest absolute Gasteiger partial charge is 0.105 e. The maximum Gasteiger partial charge on any atom is 0.105 e. The minimum atomic E-state index is 0.0282. The molecule has 2 unspecified atom stereocenters. The largest absolute Gasteiger partial charge is 0.373 e. The van der Waals surface area contributed by atoms with Gasteiger partial charge in [0.25, 0.3) is 0 Å². The van der Waals surface area contributed by atoms with Crippen LogP contribution in [0.2, 0.25) is 0 Å². The fraction of sp³-hybridized carbons (Fsp3) is 1.00. The van der Waals surface area contributed by atoms with E-state index < -0.39 is 0 Å². The molecular formula is C12H25NO2. The van der Waals surface area contributed by atoms with E-state index in [9.17, 15) is 0 Å². The first kappa shape index (κ1) is 12.9. The number of likely N-dealkylation sites (tertiary alicyclic amines) is 1. The van der Waals surface area contributed by atoms with Gasteiger partial charge in [-0.1, -0.05) is 20.8 Å². The molecule has 0 radical (unpaired) electrons. The zero-order valence-corrected chi connectivity index (χ0v) is 10.6. The molecule has 0 bridgehead atoms. The fourth-order valence-electron chi connectivity index (χ4n) is 2.15. The van der Waals surface area contributed by atoms with Crippen LogP contribution in [-0.2, 0) is 9.47 Å². The highest BCUT2D eigenvalue weighted by molar-refractivity contribution is 4.93. The molecule has 90 valence electrons. The highest BCUT2D eigenvalue weighted by atomic mass is 16.6. The molecule has 0 aliphatic carbocycles. The van der Waals surface area contributed by atoms with E-state index in [-0.39, 0.29) is 5.60 Å². The summed E-state index contributed by atoms with van der Waals surface area (Å²) in [5.41, 5.74) is 0.0282. The van der Waals surface area contributed by atoms with Crippen molar-refractivity contribution in [2.24, 2.45) is 0 Å². The molecule has 0 amide bonds. The number of likely N-dealkylation sites (N-methyl/N-ethyl adjacent to an activating group) is 1. The van der Waals surface area contributed by atoms with Crippen molar-refractivity contribution in [1.82, 2.24) is 4.90 Å². The summed E-state index contributed by atoms with van der Waals surface area (Å²) in [7, 11) is 2.14. The third-order valence-electron chi connectivity index (χ3n) is 3.12. The molecule has 2 atom stereocenters. The summed E-state index contributed by atoms with van der Waals surface area (Å²) >= 11 is 0. The van der Waals surface area contributed by atoms with Gasteiger partial charge in [-0.05, 0) is 19.9 Å². The summed E-state index contributed by atoms with van der Waals surface area (Å²) in [6.07, 6.45) is 2.52. The van der Waals surface area contributed by atoms with Gasteiger partial charge in [0, 0.05) is 13.1 Å². The van der Waals surface area contributed by atoms with Crippen molar-refractivity contribution < 1.29 is 9.47 Å². The van der Waals surface area contributed by atoms with Crippen molar-refractivity contribution in [3.05, 3.63) is 0 Å². The monoisotopic (exact) mass is 215 g/mol. The zero-order valence-electron chi connectivity index (χ0n) is 10.6. The molecule has 2 fully saturated rings. The Morgan fingerprint density at radius 3 is 2.53 bits per heavy atom. The molecule has 0 aromatic carbocycles. The van der Waals surface area contributed by atoms with E-state index in [0.717, 1.165) is 39.1 Å². The van der Waals surface area contributed by atoms with E-state index in [2.05, 4.69) is 18.9 Å². The van der Waals surface area contributed by atoms with Crippen LogP contribution < -0.4 is 0 Å². The molecule has 0 aromatic heterocycles. The van der Waals surface area contributed by atoms with Crippen molar-refractivity contribution >= 4 is 0 Å². The van der Waals surface area contributed by atoms with Gasteiger partial charge in [0.1, 0.15) is 5.60 Å². The predicted molar refractivity (Wildman–Crippen MR) is 62.2 cm³/mol. The van der Waals surface area contributed by atoms with Gasteiger partial charge < -0.3 is 14.4 Å². The van der Waals surface area contributed by atoms with Crippen molar-refractivity contribution in [3.63, 3.8) is 0 Å². The average molecular weight is 215 g/mol.